The highest BCUT2D eigenvalue weighted by atomic mass is 16.6. The molecule has 0 heterocycles. The molecule has 0 spiro atoms. The van der Waals surface area contributed by atoms with Crippen LogP contribution in [0.25, 0.3) is 0 Å². The van der Waals surface area contributed by atoms with E-state index in [2.05, 4.69) is 0 Å². The van der Waals surface area contributed by atoms with Crippen LogP contribution in [0.1, 0.15) is 31.9 Å². The second-order valence-corrected chi connectivity index (χ2v) is 5.34. The van der Waals surface area contributed by atoms with Crippen LogP contribution in [0, 0.1) is 11.3 Å². The molecule has 1 rings (SSSR count). The van der Waals surface area contributed by atoms with Gasteiger partial charge in [-0.15, -0.1) is 0 Å². The van der Waals surface area contributed by atoms with Gasteiger partial charge in [0.1, 0.15) is 11.9 Å². The van der Waals surface area contributed by atoms with Crippen molar-refractivity contribution >= 4 is 12.4 Å². The van der Waals surface area contributed by atoms with E-state index in [1.165, 1.54) is 4.90 Å². The number of nitrogens with zero attached hydrogens (tertiary/aromatic N) is 2. The van der Waals surface area contributed by atoms with E-state index in [4.69, 9.17) is 10.00 Å². The topological polar surface area (TPSA) is 70.4 Å². The fourth-order valence-electron chi connectivity index (χ4n) is 1.53. The Morgan fingerprint density at radius 2 is 1.95 bits per heavy atom. The summed E-state index contributed by atoms with van der Waals surface area (Å²) in [5.41, 5.74) is 0.771. The molecule has 1 amide bonds. The molecule has 0 saturated carbocycles. The van der Waals surface area contributed by atoms with Gasteiger partial charge in [0.25, 0.3) is 0 Å². The summed E-state index contributed by atoms with van der Waals surface area (Å²) in [6.07, 6.45) is 0.127. The van der Waals surface area contributed by atoms with Crippen LogP contribution < -0.4 is 0 Å². The monoisotopic (exact) mass is 274 g/mol. The summed E-state index contributed by atoms with van der Waals surface area (Å²) < 4.78 is 5.25. The highest BCUT2D eigenvalue weighted by molar-refractivity contribution is 5.71. The molecule has 0 fully saturated rings. The molecule has 5 heteroatoms. The van der Waals surface area contributed by atoms with Gasteiger partial charge in [-0.1, -0.05) is 12.1 Å². The second-order valence-electron chi connectivity index (χ2n) is 5.34. The van der Waals surface area contributed by atoms with Gasteiger partial charge >= 0.3 is 6.09 Å². The van der Waals surface area contributed by atoms with Gasteiger partial charge in [0.15, 0.2) is 0 Å². The Bertz CT molecular complexity index is 509. The fourth-order valence-corrected chi connectivity index (χ4v) is 1.53. The van der Waals surface area contributed by atoms with E-state index in [9.17, 15) is 9.59 Å². The lowest BCUT2D eigenvalue weighted by Crippen LogP contribution is -2.37. The summed E-state index contributed by atoms with van der Waals surface area (Å²) >= 11 is 0. The van der Waals surface area contributed by atoms with Crippen molar-refractivity contribution < 1.29 is 14.3 Å². The van der Waals surface area contributed by atoms with Crippen molar-refractivity contribution in [1.29, 1.82) is 5.26 Å². The summed E-state index contributed by atoms with van der Waals surface area (Å²) in [5, 5.41) is 8.73. The first kappa shape index (κ1) is 15.7. The molecule has 0 atom stereocenters. The Labute approximate surface area is 118 Å². The van der Waals surface area contributed by atoms with Crippen LogP contribution in [0.15, 0.2) is 24.3 Å². The van der Waals surface area contributed by atoms with Gasteiger partial charge in [0.05, 0.1) is 18.2 Å². The number of hydrogen-bond donors (Lipinski definition) is 0. The van der Waals surface area contributed by atoms with Crippen molar-refractivity contribution in [2.24, 2.45) is 0 Å². The Balaban J connectivity index is 2.78. The predicted molar refractivity (Wildman–Crippen MR) is 73.9 cm³/mol. The van der Waals surface area contributed by atoms with Gasteiger partial charge in [0, 0.05) is 6.54 Å². The molecule has 20 heavy (non-hydrogen) atoms. The minimum Gasteiger partial charge on any atom is -0.444 e. The molecule has 0 radical (unpaired) electrons. The molecule has 0 aliphatic carbocycles. The Morgan fingerprint density at radius 3 is 2.40 bits per heavy atom. The smallest absolute Gasteiger partial charge is 0.410 e. The summed E-state index contributed by atoms with van der Waals surface area (Å²) in [6.45, 7) is 5.54. The van der Waals surface area contributed by atoms with E-state index >= 15 is 0 Å². The quantitative estimate of drug-likeness (QED) is 0.791. The number of amides is 1. The molecule has 5 nitrogen and oxygen atoms in total. The van der Waals surface area contributed by atoms with Crippen LogP contribution in [0.2, 0.25) is 0 Å². The first-order valence-electron chi connectivity index (χ1n) is 6.26. The first-order chi connectivity index (χ1) is 9.35. The maximum absolute atomic E-state index is 12.0. The lowest BCUT2D eigenvalue weighted by molar-refractivity contribution is -0.109. The fraction of sp³-hybridized carbons (Fsp3) is 0.400. The van der Waals surface area contributed by atoms with Gasteiger partial charge < -0.3 is 9.53 Å². The van der Waals surface area contributed by atoms with Crippen LogP contribution in [0.4, 0.5) is 4.79 Å². The summed E-state index contributed by atoms with van der Waals surface area (Å²) in [6, 6.07) is 8.87. The van der Waals surface area contributed by atoms with Crippen molar-refractivity contribution in [2.45, 2.75) is 32.9 Å². The number of carbonyl (C=O) groups is 2. The average Bonchev–Trinajstić information content (AvgIpc) is 2.37. The van der Waals surface area contributed by atoms with E-state index in [0.717, 1.165) is 5.56 Å². The highest BCUT2D eigenvalue weighted by Crippen LogP contribution is 2.12. The molecule has 0 aromatic heterocycles. The molecule has 0 aliphatic heterocycles. The number of rotatable bonds is 4. The highest BCUT2D eigenvalue weighted by Gasteiger charge is 2.21. The molecular formula is C15H18N2O3. The zero-order chi connectivity index (χ0) is 15.2. The molecule has 0 saturated heterocycles. The standard InChI is InChI=1S/C15H18N2O3/c1-15(2,3)20-14(19)17(8-9-18)11-13-6-4-12(10-16)5-7-13/h4-7,9H,8,11H2,1-3H3. The third-order valence-electron chi connectivity index (χ3n) is 2.40. The number of carbonyl (C=O) groups excluding carboxylic acids is 2. The summed E-state index contributed by atoms with van der Waals surface area (Å²) in [4.78, 5) is 24.0. The molecule has 1 aromatic rings. The summed E-state index contributed by atoms with van der Waals surface area (Å²) in [7, 11) is 0. The zero-order valence-corrected chi connectivity index (χ0v) is 11.9. The maximum Gasteiger partial charge on any atom is 0.410 e. The Kier molecular flexibility index (Phi) is 5.27. The molecule has 1 aromatic carbocycles. The SMILES string of the molecule is CC(C)(C)OC(=O)N(CC=O)Cc1ccc(C#N)cc1. The zero-order valence-electron chi connectivity index (χ0n) is 11.9. The lowest BCUT2D eigenvalue weighted by atomic mass is 10.1. The number of hydrogen-bond acceptors (Lipinski definition) is 4. The second kappa shape index (κ2) is 6.71. The number of ether oxygens (including phenoxy) is 1. The average molecular weight is 274 g/mol. The minimum atomic E-state index is -0.608. The van der Waals surface area contributed by atoms with Gasteiger partial charge in [-0.25, -0.2) is 4.79 Å². The van der Waals surface area contributed by atoms with Crippen molar-refractivity contribution in [3.05, 3.63) is 35.4 Å². The molecule has 0 unspecified atom stereocenters. The number of aldehydes is 1. The van der Waals surface area contributed by atoms with Crippen molar-refractivity contribution in [3.63, 3.8) is 0 Å². The maximum atomic E-state index is 12.0. The lowest BCUT2D eigenvalue weighted by Gasteiger charge is -2.26. The van der Waals surface area contributed by atoms with Crippen molar-refractivity contribution in [3.8, 4) is 6.07 Å². The van der Waals surface area contributed by atoms with Crippen LogP contribution in [0.5, 0.6) is 0 Å². The normalized spacial score (nSPS) is 10.5. The van der Waals surface area contributed by atoms with Crippen LogP contribution in [0.3, 0.4) is 0 Å². The Morgan fingerprint density at radius 1 is 1.35 bits per heavy atom. The van der Waals surface area contributed by atoms with Crippen LogP contribution in [-0.2, 0) is 16.1 Å². The van der Waals surface area contributed by atoms with Gasteiger partial charge in [-0.3, -0.25) is 4.90 Å². The Hall–Kier alpha value is -2.35. The van der Waals surface area contributed by atoms with Gasteiger partial charge in [-0.05, 0) is 38.5 Å². The predicted octanol–water partition coefficient (Wildman–Crippen LogP) is 2.49. The van der Waals surface area contributed by atoms with E-state index in [1.807, 2.05) is 6.07 Å². The minimum absolute atomic E-state index is 0.0328. The van der Waals surface area contributed by atoms with Gasteiger partial charge in [-0.2, -0.15) is 5.26 Å². The van der Waals surface area contributed by atoms with Crippen LogP contribution in [-0.4, -0.2) is 29.4 Å². The third kappa shape index (κ3) is 5.11. The van der Waals surface area contributed by atoms with Crippen molar-refractivity contribution in [2.75, 3.05) is 6.54 Å². The molecule has 106 valence electrons. The van der Waals surface area contributed by atoms with Crippen molar-refractivity contribution in [1.82, 2.24) is 4.90 Å². The van der Waals surface area contributed by atoms with E-state index in [1.54, 1.807) is 45.0 Å². The summed E-state index contributed by atoms with van der Waals surface area (Å²) in [5.74, 6) is 0. The van der Waals surface area contributed by atoms with E-state index in [-0.39, 0.29) is 13.1 Å². The van der Waals surface area contributed by atoms with Gasteiger partial charge in [0.2, 0.25) is 0 Å². The number of benzene rings is 1. The third-order valence-corrected chi connectivity index (χ3v) is 2.40. The van der Waals surface area contributed by atoms with E-state index < -0.39 is 11.7 Å². The first-order valence-corrected chi connectivity index (χ1v) is 6.26. The molecule has 0 aliphatic rings. The molecular weight excluding hydrogens is 256 g/mol. The van der Waals surface area contributed by atoms with E-state index in [0.29, 0.717) is 11.8 Å². The number of nitriles is 1. The molecule has 0 bridgehead atoms. The molecule has 0 N–H and O–H groups in total. The van der Waals surface area contributed by atoms with Crippen LogP contribution >= 0.6 is 0 Å². The largest absolute Gasteiger partial charge is 0.444 e.